The number of amides is 1. The Labute approximate surface area is 139 Å². The molecule has 0 fully saturated rings. The highest BCUT2D eigenvalue weighted by molar-refractivity contribution is 7.95. The number of nitrogens with two attached hydrogens (primary N) is 1. The maximum Gasteiger partial charge on any atom is 0.254 e. The van der Waals surface area contributed by atoms with Gasteiger partial charge in [0.1, 0.15) is 0 Å². The molecule has 6 nitrogen and oxygen atoms in total. The minimum absolute atomic E-state index is 0.405. The third kappa shape index (κ3) is 2.89. The van der Waals surface area contributed by atoms with Gasteiger partial charge < -0.3 is 10.7 Å². The summed E-state index contributed by atoms with van der Waals surface area (Å²) in [6, 6.07) is 12.3. The lowest BCUT2D eigenvalue weighted by atomic mass is 9.98. The summed E-state index contributed by atoms with van der Waals surface area (Å²) < 4.78 is 25.7. The Bertz CT molecular complexity index is 1050. The number of carbonyl (C=O) groups excluding carboxylic acids is 1. The minimum atomic E-state index is -3.57. The predicted molar refractivity (Wildman–Crippen MR) is 95.0 cm³/mol. The molecule has 0 spiro atoms. The molecule has 1 amide bonds. The van der Waals surface area contributed by atoms with Crippen LogP contribution in [0.2, 0.25) is 0 Å². The van der Waals surface area contributed by atoms with Gasteiger partial charge in [0.25, 0.3) is 15.9 Å². The lowest BCUT2D eigenvalue weighted by molar-refractivity contribution is 0.100. The zero-order valence-corrected chi connectivity index (χ0v) is 13.4. The maximum absolute atomic E-state index is 11.6. The third-order valence-corrected chi connectivity index (χ3v) is 4.60. The van der Waals surface area contributed by atoms with Crippen molar-refractivity contribution in [3.8, 4) is 11.1 Å². The van der Waals surface area contributed by atoms with Crippen LogP contribution in [0.25, 0.3) is 22.0 Å². The molecule has 3 rings (SSSR count). The smallest absolute Gasteiger partial charge is 0.254 e. The number of primary amides is 1. The lowest BCUT2D eigenvalue weighted by Gasteiger charge is -2.09. The number of carbonyl (C=O) groups is 1. The van der Waals surface area contributed by atoms with Gasteiger partial charge in [-0.1, -0.05) is 24.8 Å². The zero-order chi connectivity index (χ0) is 17.3. The fourth-order valence-electron chi connectivity index (χ4n) is 2.57. The number of sulfonamides is 1. The average molecular weight is 341 g/mol. The van der Waals surface area contributed by atoms with E-state index in [0.29, 0.717) is 16.8 Å². The van der Waals surface area contributed by atoms with E-state index in [0.717, 1.165) is 21.9 Å². The number of aromatic amines is 1. The largest absolute Gasteiger partial charge is 0.366 e. The van der Waals surface area contributed by atoms with Crippen LogP contribution in [0.3, 0.4) is 0 Å². The van der Waals surface area contributed by atoms with E-state index in [9.17, 15) is 13.2 Å². The van der Waals surface area contributed by atoms with E-state index in [1.807, 2.05) is 12.1 Å². The fourth-order valence-corrected chi connectivity index (χ4v) is 3.11. The van der Waals surface area contributed by atoms with Crippen LogP contribution in [0.1, 0.15) is 10.4 Å². The van der Waals surface area contributed by atoms with E-state index < -0.39 is 15.9 Å². The monoisotopic (exact) mass is 341 g/mol. The zero-order valence-electron chi connectivity index (χ0n) is 12.6. The molecular formula is C17H15N3O3S. The first-order valence-corrected chi connectivity index (χ1v) is 8.61. The molecule has 0 radical (unpaired) electrons. The quantitative estimate of drug-likeness (QED) is 0.664. The second-order valence-corrected chi connectivity index (χ2v) is 6.81. The molecule has 0 aliphatic heterocycles. The van der Waals surface area contributed by atoms with E-state index in [2.05, 4.69) is 16.3 Å². The van der Waals surface area contributed by atoms with Gasteiger partial charge in [0.05, 0.1) is 11.1 Å². The first-order valence-electron chi connectivity index (χ1n) is 7.07. The van der Waals surface area contributed by atoms with Crippen molar-refractivity contribution in [2.45, 2.75) is 0 Å². The third-order valence-electron chi connectivity index (χ3n) is 3.64. The van der Waals surface area contributed by atoms with Crippen LogP contribution >= 0.6 is 0 Å². The van der Waals surface area contributed by atoms with E-state index in [1.165, 1.54) is 0 Å². The Morgan fingerprint density at radius 3 is 2.71 bits per heavy atom. The second kappa shape index (κ2) is 5.86. The van der Waals surface area contributed by atoms with E-state index >= 15 is 0 Å². The summed E-state index contributed by atoms with van der Waals surface area (Å²) in [5.41, 5.74) is 8.54. The number of fused-ring (bicyclic) bond motifs is 1. The molecule has 122 valence electrons. The van der Waals surface area contributed by atoms with Gasteiger partial charge >= 0.3 is 0 Å². The number of H-pyrrole nitrogens is 1. The summed E-state index contributed by atoms with van der Waals surface area (Å²) in [5.74, 6) is -0.513. The summed E-state index contributed by atoms with van der Waals surface area (Å²) in [6.45, 7) is 3.27. The highest BCUT2D eigenvalue weighted by Crippen LogP contribution is 2.31. The molecule has 24 heavy (non-hydrogen) atoms. The van der Waals surface area contributed by atoms with Crippen molar-refractivity contribution in [3.63, 3.8) is 0 Å². The first-order chi connectivity index (χ1) is 11.4. The maximum atomic E-state index is 11.6. The highest BCUT2D eigenvalue weighted by atomic mass is 32.2. The molecule has 0 atom stereocenters. The van der Waals surface area contributed by atoms with Gasteiger partial charge in [-0.15, -0.1) is 0 Å². The van der Waals surface area contributed by atoms with Crippen molar-refractivity contribution < 1.29 is 13.2 Å². The normalized spacial score (nSPS) is 11.3. The fraction of sp³-hybridized carbons (Fsp3) is 0. The van der Waals surface area contributed by atoms with Crippen molar-refractivity contribution >= 4 is 32.5 Å². The number of aromatic nitrogens is 1. The van der Waals surface area contributed by atoms with Crippen molar-refractivity contribution in [1.29, 1.82) is 0 Å². The Kier molecular flexibility index (Phi) is 3.86. The molecule has 2 aromatic carbocycles. The molecule has 0 aliphatic carbocycles. The van der Waals surface area contributed by atoms with Crippen LogP contribution in [0.15, 0.2) is 60.6 Å². The molecule has 0 unspecified atom stereocenters. The molecule has 0 saturated carbocycles. The van der Waals surface area contributed by atoms with Gasteiger partial charge in [-0.3, -0.25) is 9.52 Å². The molecule has 0 saturated heterocycles. The van der Waals surface area contributed by atoms with Crippen LogP contribution in [-0.2, 0) is 10.0 Å². The molecule has 0 aliphatic rings. The highest BCUT2D eigenvalue weighted by Gasteiger charge is 2.13. The van der Waals surface area contributed by atoms with Crippen molar-refractivity contribution in [2.75, 3.05) is 4.72 Å². The number of hydrogen-bond acceptors (Lipinski definition) is 3. The molecule has 1 aromatic heterocycles. The van der Waals surface area contributed by atoms with Gasteiger partial charge in [0.2, 0.25) is 0 Å². The number of rotatable bonds is 5. The lowest BCUT2D eigenvalue weighted by Crippen LogP contribution is -2.11. The molecular weight excluding hydrogens is 326 g/mol. The van der Waals surface area contributed by atoms with Crippen LogP contribution in [0, 0.1) is 0 Å². The summed E-state index contributed by atoms with van der Waals surface area (Å²) in [6.07, 6.45) is 1.73. The Morgan fingerprint density at radius 2 is 2.00 bits per heavy atom. The molecule has 1 heterocycles. The van der Waals surface area contributed by atoms with Crippen LogP contribution < -0.4 is 10.5 Å². The topological polar surface area (TPSA) is 105 Å². The predicted octanol–water partition coefficient (Wildman–Crippen LogP) is 2.82. The molecule has 4 N–H and O–H groups in total. The van der Waals surface area contributed by atoms with E-state index in [1.54, 1.807) is 36.5 Å². The van der Waals surface area contributed by atoms with Crippen molar-refractivity contribution in [1.82, 2.24) is 4.98 Å². The van der Waals surface area contributed by atoms with Crippen LogP contribution in [-0.4, -0.2) is 19.3 Å². The molecule has 3 aromatic rings. The summed E-state index contributed by atoms with van der Waals surface area (Å²) in [5, 5.41) is 1.68. The Hall–Kier alpha value is -3.06. The van der Waals surface area contributed by atoms with Gasteiger partial charge in [0.15, 0.2) is 0 Å². The number of hydrogen-bond donors (Lipinski definition) is 3. The standard InChI is InChI=1S/C17H15N3O3S/c1-2-24(22,23)20-12-5-3-4-11(10-12)13-6-7-15(17(18)21)16-14(13)8-9-19-16/h2-10,19-20H,1H2,(H2,18,21). The molecule has 7 heteroatoms. The average Bonchev–Trinajstić information content (AvgIpc) is 3.03. The molecule has 0 bridgehead atoms. The summed E-state index contributed by atoms with van der Waals surface area (Å²) >= 11 is 0. The minimum Gasteiger partial charge on any atom is -0.366 e. The van der Waals surface area contributed by atoms with Crippen molar-refractivity contribution in [2.24, 2.45) is 5.73 Å². The van der Waals surface area contributed by atoms with Gasteiger partial charge in [-0.25, -0.2) is 8.42 Å². The summed E-state index contributed by atoms with van der Waals surface area (Å²) in [4.78, 5) is 14.5. The number of nitrogens with one attached hydrogen (secondary N) is 2. The van der Waals surface area contributed by atoms with Gasteiger partial charge in [-0.2, -0.15) is 0 Å². The summed E-state index contributed by atoms with van der Waals surface area (Å²) in [7, 11) is -3.57. The first kappa shape index (κ1) is 15.8. The van der Waals surface area contributed by atoms with Crippen LogP contribution in [0.4, 0.5) is 5.69 Å². The number of benzene rings is 2. The van der Waals surface area contributed by atoms with Gasteiger partial charge in [-0.05, 0) is 35.4 Å². The Balaban J connectivity index is 2.12. The van der Waals surface area contributed by atoms with Crippen molar-refractivity contribution in [3.05, 3.63) is 66.2 Å². The second-order valence-electron chi connectivity index (χ2n) is 5.19. The van der Waals surface area contributed by atoms with Gasteiger partial charge in [0, 0.05) is 22.7 Å². The van der Waals surface area contributed by atoms with E-state index in [4.69, 9.17) is 5.73 Å². The Morgan fingerprint density at radius 1 is 1.21 bits per heavy atom. The number of anilines is 1. The van der Waals surface area contributed by atoms with E-state index in [-0.39, 0.29) is 0 Å². The van der Waals surface area contributed by atoms with Crippen LogP contribution in [0.5, 0.6) is 0 Å². The SMILES string of the molecule is C=CS(=O)(=O)Nc1cccc(-c2ccc(C(N)=O)c3[nH]ccc23)c1.